The van der Waals surface area contributed by atoms with Crippen molar-refractivity contribution in [3.05, 3.63) is 0 Å². The zero-order chi connectivity index (χ0) is 20.9. The van der Waals surface area contributed by atoms with Crippen LogP contribution in [0, 0.1) is 41.4 Å². The molecule has 2 heteroatoms. The van der Waals surface area contributed by atoms with E-state index in [-0.39, 0.29) is 11.8 Å². The van der Waals surface area contributed by atoms with Crippen LogP contribution in [0.2, 0.25) is 0 Å². The molecule has 5 unspecified atom stereocenters. The average Bonchev–Trinajstić information content (AvgIpc) is 2.82. The van der Waals surface area contributed by atoms with E-state index in [0.29, 0.717) is 25.2 Å². The van der Waals surface area contributed by atoms with Crippen molar-refractivity contribution < 1.29 is 8.78 Å². The molecule has 0 aromatic heterocycles. The second-order valence-corrected chi connectivity index (χ2v) is 9.12. The van der Waals surface area contributed by atoms with Gasteiger partial charge in [0, 0.05) is 5.92 Å². The lowest BCUT2D eigenvalue weighted by atomic mass is 9.73. The number of unbranched alkanes of at least 4 members (excludes halogenated alkanes) is 1. The maximum atomic E-state index is 14.4. The standard InChI is InChI=1S/C24H40F2.C2H6/c1-4-6-8-20(7-5-2)21-12-9-19(10-13-21)11-14-22-17-23(25)15-18(3)16-24(22)26;1-2/h18-24H,4-10,12-13,15-17H2,1-3H3;1-2H3. The van der Waals surface area contributed by atoms with Gasteiger partial charge in [-0.05, 0) is 62.7 Å². The summed E-state index contributed by atoms with van der Waals surface area (Å²) in [6.07, 6.45) is 11.0. The van der Waals surface area contributed by atoms with Crippen molar-refractivity contribution >= 4 is 0 Å². The Morgan fingerprint density at radius 2 is 1.54 bits per heavy atom. The van der Waals surface area contributed by atoms with Gasteiger partial charge in [-0.25, -0.2) is 8.78 Å². The Morgan fingerprint density at radius 1 is 0.857 bits per heavy atom. The van der Waals surface area contributed by atoms with Gasteiger partial charge in [0.15, 0.2) is 0 Å². The van der Waals surface area contributed by atoms with Crippen molar-refractivity contribution in [2.24, 2.45) is 29.6 Å². The molecule has 28 heavy (non-hydrogen) atoms. The molecule has 2 rings (SSSR count). The van der Waals surface area contributed by atoms with Crippen LogP contribution >= 0.6 is 0 Å². The van der Waals surface area contributed by atoms with E-state index < -0.39 is 12.3 Å². The molecule has 0 bridgehead atoms. The zero-order valence-electron chi connectivity index (χ0n) is 19.3. The molecule has 0 N–H and O–H groups in total. The van der Waals surface area contributed by atoms with Crippen LogP contribution in [-0.4, -0.2) is 12.3 Å². The largest absolute Gasteiger partial charge is 0.247 e. The van der Waals surface area contributed by atoms with Crippen LogP contribution in [0.5, 0.6) is 0 Å². The lowest BCUT2D eigenvalue weighted by Crippen LogP contribution is -2.22. The van der Waals surface area contributed by atoms with Crippen molar-refractivity contribution in [1.29, 1.82) is 0 Å². The van der Waals surface area contributed by atoms with Gasteiger partial charge in [0.05, 0.1) is 5.92 Å². The predicted molar refractivity (Wildman–Crippen MR) is 119 cm³/mol. The smallest absolute Gasteiger partial charge is 0.114 e. The van der Waals surface area contributed by atoms with Crippen LogP contribution in [0.1, 0.15) is 112 Å². The maximum Gasteiger partial charge on any atom is 0.114 e. The third-order valence-corrected chi connectivity index (χ3v) is 6.73. The van der Waals surface area contributed by atoms with Gasteiger partial charge in [-0.2, -0.15) is 0 Å². The highest BCUT2D eigenvalue weighted by Crippen LogP contribution is 2.38. The van der Waals surface area contributed by atoms with Crippen molar-refractivity contribution in [2.75, 3.05) is 0 Å². The summed E-state index contributed by atoms with van der Waals surface area (Å²) >= 11 is 0. The fourth-order valence-electron chi connectivity index (χ4n) is 5.16. The maximum absolute atomic E-state index is 14.4. The molecule has 2 aliphatic rings. The first kappa shape index (κ1) is 25.5. The molecule has 0 radical (unpaired) electrons. The van der Waals surface area contributed by atoms with Crippen LogP contribution in [0.15, 0.2) is 0 Å². The molecule has 0 spiro atoms. The molecule has 2 aliphatic carbocycles. The van der Waals surface area contributed by atoms with Gasteiger partial charge in [0.1, 0.15) is 12.3 Å². The van der Waals surface area contributed by atoms with Crippen LogP contribution < -0.4 is 0 Å². The third-order valence-electron chi connectivity index (χ3n) is 6.73. The predicted octanol–water partition coefficient (Wildman–Crippen LogP) is 8.54. The minimum Gasteiger partial charge on any atom is -0.247 e. The highest BCUT2D eigenvalue weighted by Gasteiger charge is 2.31. The minimum atomic E-state index is -0.947. The Morgan fingerprint density at radius 3 is 2.14 bits per heavy atom. The first-order valence-electron chi connectivity index (χ1n) is 12.3. The summed E-state index contributed by atoms with van der Waals surface area (Å²) in [5.74, 6) is 8.45. The number of alkyl halides is 2. The SMILES string of the molecule is CC.CCCCC(CCC)C1CCC(C#CC2CC(F)CC(C)CC2F)CC1. The Bertz CT molecular complexity index is 441. The average molecular weight is 397 g/mol. The molecular weight excluding hydrogens is 350 g/mol. The molecule has 0 amide bonds. The van der Waals surface area contributed by atoms with E-state index in [4.69, 9.17) is 0 Å². The molecule has 0 nitrogen and oxygen atoms in total. The summed E-state index contributed by atoms with van der Waals surface area (Å²) in [5.41, 5.74) is 0. The monoisotopic (exact) mass is 396 g/mol. The molecule has 164 valence electrons. The van der Waals surface area contributed by atoms with Gasteiger partial charge in [0.2, 0.25) is 0 Å². The number of hydrogen-bond donors (Lipinski definition) is 0. The number of hydrogen-bond acceptors (Lipinski definition) is 0. The number of rotatable bonds is 6. The quantitative estimate of drug-likeness (QED) is 0.311. The summed E-state index contributed by atoms with van der Waals surface area (Å²) in [6, 6.07) is 0. The highest BCUT2D eigenvalue weighted by molar-refractivity contribution is 5.11. The first-order chi connectivity index (χ1) is 13.5. The molecule has 2 saturated carbocycles. The van der Waals surface area contributed by atoms with Crippen molar-refractivity contribution in [3.8, 4) is 11.8 Å². The first-order valence-corrected chi connectivity index (χ1v) is 12.3. The number of halogens is 2. The molecular formula is C26H46F2. The third kappa shape index (κ3) is 8.84. The van der Waals surface area contributed by atoms with Gasteiger partial charge >= 0.3 is 0 Å². The van der Waals surface area contributed by atoms with Gasteiger partial charge in [-0.15, -0.1) is 0 Å². The van der Waals surface area contributed by atoms with Crippen LogP contribution in [0.3, 0.4) is 0 Å². The van der Waals surface area contributed by atoms with E-state index in [9.17, 15) is 8.78 Å². The van der Waals surface area contributed by atoms with Crippen LogP contribution in [0.4, 0.5) is 8.78 Å². The Labute approximate surface area is 174 Å². The summed E-state index contributed by atoms with van der Waals surface area (Å²) in [5, 5.41) is 0. The van der Waals surface area contributed by atoms with Crippen LogP contribution in [-0.2, 0) is 0 Å². The van der Waals surface area contributed by atoms with Gasteiger partial charge in [-0.3, -0.25) is 0 Å². The zero-order valence-corrected chi connectivity index (χ0v) is 19.3. The fraction of sp³-hybridized carbons (Fsp3) is 0.923. The van der Waals surface area contributed by atoms with Gasteiger partial charge in [0.25, 0.3) is 0 Å². The molecule has 0 heterocycles. The normalized spacial score (nSPS) is 34.2. The highest BCUT2D eigenvalue weighted by atomic mass is 19.1. The van der Waals surface area contributed by atoms with E-state index in [2.05, 4.69) is 25.7 Å². The Hall–Kier alpha value is -0.580. The molecule has 0 aromatic carbocycles. The summed E-state index contributed by atoms with van der Waals surface area (Å²) < 4.78 is 28.4. The van der Waals surface area contributed by atoms with Gasteiger partial charge < -0.3 is 0 Å². The lowest BCUT2D eigenvalue weighted by molar-refractivity contribution is 0.201. The van der Waals surface area contributed by atoms with E-state index in [1.54, 1.807) is 0 Å². The second kappa shape index (κ2) is 14.4. The van der Waals surface area contributed by atoms with E-state index in [1.807, 2.05) is 20.8 Å². The summed E-state index contributed by atoms with van der Waals surface area (Å²) in [7, 11) is 0. The second-order valence-electron chi connectivity index (χ2n) is 9.12. The van der Waals surface area contributed by atoms with E-state index >= 15 is 0 Å². The van der Waals surface area contributed by atoms with E-state index in [0.717, 1.165) is 24.7 Å². The summed E-state index contributed by atoms with van der Waals surface area (Å²) in [4.78, 5) is 0. The minimum absolute atomic E-state index is 0.140. The van der Waals surface area contributed by atoms with E-state index in [1.165, 1.54) is 44.9 Å². The van der Waals surface area contributed by atoms with Gasteiger partial charge in [-0.1, -0.05) is 78.6 Å². The summed E-state index contributed by atoms with van der Waals surface area (Å²) in [6.45, 7) is 10.5. The molecule has 0 aromatic rings. The topological polar surface area (TPSA) is 0 Å². The Kier molecular flexibility index (Phi) is 13.1. The lowest BCUT2D eigenvalue weighted by Gasteiger charge is -2.32. The van der Waals surface area contributed by atoms with Crippen molar-refractivity contribution in [2.45, 2.75) is 124 Å². The molecule has 5 atom stereocenters. The van der Waals surface area contributed by atoms with Crippen molar-refractivity contribution in [1.82, 2.24) is 0 Å². The Balaban J connectivity index is 0.00000190. The molecule has 2 fully saturated rings. The molecule has 0 saturated heterocycles. The fourth-order valence-corrected chi connectivity index (χ4v) is 5.16. The van der Waals surface area contributed by atoms with Crippen LogP contribution in [0.25, 0.3) is 0 Å². The molecule has 0 aliphatic heterocycles. The van der Waals surface area contributed by atoms with Crippen molar-refractivity contribution in [3.63, 3.8) is 0 Å².